The fourth-order valence-corrected chi connectivity index (χ4v) is 2.08. The van der Waals surface area contributed by atoms with Gasteiger partial charge in [-0.1, -0.05) is 0 Å². The Balaban J connectivity index is 1.75. The third kappa shape index (κ3) is 1.82. The molecule has 0 atom stereocenters. The van der Waals surface area contributed by atoms with Gasteiger partial charge >= 0.3 is 0 Å². The first-order valence-electron chi connectivity index (χ1n) is 5.68. The fourth-order valence-electron chi connectivity index (χ4n) is 2.08. The van der Waals surface area contributed by atoms with E-state index in [1.165, 1.54) is 17.3 Å². The predicted octanol–water partition coefficient (Wildman–Crippen LogP) is -0.875. The Morgan fingerprint density at radius 2 is 2.11 bits per heavy atom. The van der Waals surface area contributed by atoms with Crippen LogP contribution in [0.1, 0.15) is 16.2 Å². The smallest absolute Gasteiger partial charge is 0.276 e. The van der Waals surface area contributed by atoms with Crippen LogP contribution in [0.15, 0.2) is 24.7 Å². The first kappa shape index (κ1) is 11.6. The monoisotopic (exact) mass is 260 g/mol. The molecule has 1 aliphatic rings. The van der Waals surface area contributed by atoms with Crippen LogP contribution in [0.25, 0.3) is 0 Å². The molecular formula is C11H12N6O2. The zero-order chi connectivity index (χ0) is 13.5. The van der Waals surface area contributed by atoms with Crippen molar-refractivity contribution in [1.82, 2.24) is 25.1 Å². The fraction of sp³-hybridized carbons (Fsp3) is 0.273. The molecule has 0 spiro atoms. The maximum absolute atomic E-state index is 12.1. The lowest BCUT2D eigenvalue weighted by Gasteiger charge is -2.45. The second-order valence-corrected chi connectivity index (χ2v) is 4.45. The Kier molecular flexibility index (Phi) is 2.46. The van der Waals surface area contributed by atoms with Crippen LogP contribution in [0.2, 0.25) is 0 Å². The van der Waals surface area contributed by atoms with Gasteiger partial charge in [0.15, 0.2) is 11.5 Å². The Labute approximate surface area is 108 Å². The van der Waals surface area contributed by atoms with E-state index in [9.17, 15) is 9.90 Å². The van der Waals surface area contributed by atoms with E-state index in [0.29, 0.717) is 5.69 Å². The summed E-state index contributed by atoms with van der Waals surface area (Å²) in [5, 5.41) is 16.8. The molecular weight excluding hydrogens is 248 g/mol. The van der Waals surface area contributed by atoms with Crippen LogP contribution < -0.4 is 5.73 Å². The van der Waals surface area contributed by atoms with E-state index in [-0.39, 0.29) is 30.5 Å². The minimum Gasteiger partial charge on any atom is -0.382 e. The molecule has 0 aliphatic carbocycles. The van der Waals surface area contributed by atoms with Crippen LogP contribution in [0.5, 0.6) is 0 Å². The number of β-amino-alcohol motifs (C(OH)–C–C–N with tert-alkyl or cyclic N) is 1. The number of anilines is 1. The summed E-state index contributed by atoms with van der Waals surface area (Å²) in [5.74, 6) is -0.251. The van der Waals surface area contributed by atoms with Crippen LogP contribution in [0.3, 0.4) is 0 Å². The normalized spacial score (nSPS) is 17.0. The average molecular weight is 260 g/mol. The molecule has 1 saturated heterocycles. The number of hydrogen-bond donors (Lipinski definition) is 3. The van der Waals surface area contributed by atoms with Gasteiger partial charge in [0.25, 0.3) is 5.91 Å². The molecule has 3 heterocycles. The molecule has 1 amide bonds. The summed E-state index contributed by atoms with van der Waals surface area (Å²) in [6.45, 7) is 0.341. The number of carbonyl (C=O) groups excluding carboxylic acids is 1. The van der Waals surface area contributed by atoms with Crippen molar-refractivity contribution < 1.29 is 9.90 Å². The zero-order valence-corrected chi connectivity index (χ0v) is 9.95. The standard InChI is InChI=1S/C11H12N6O2/c12-9-8(13-3-4-14-9)10(18)17-5-11(19,6-17)7-1-2-15-16-7/h1-4,19H,5-6H2,(H2,12,14)(H,15,16). The van der Waals surface area contributed by atoms with Crippen LogP contribution in [0.4, 0.5) is 5.82 Å². The van der Waals surface area contributed by atoms with E-state index in [1.807, 2.05) is 0 Å². The summed E-state index contributed by atoms with van der Waals surface area (Å²) in [5.41, 5.74) is 5.21. The van der Waals surface area contributed by atoms with Crippen molar-refractivity contribution in [2.24, 2.45) is 0 Å². The number of aliphatic hydroxyl groups is 1. The molecule has 0 unspecified atom stereocenters. The average Bonchev–Trinajstić information content (AvgIpc) is 2.89. The number of nitrogen functional groups attached to an aromatic ring is 1. The molecule has 98 valence electrons. The summed E-state index contributed by atoms with van der Waals surface area (Å²) in [6.07, 6.45) is 4.38. The molecule has 0 aromatic carbocycles. The maximum atomic E-state index is 12.1. The Hall–Kier alpha value is -2.48. The number of aromatic amines is 1. The van der Waals surface area contributed by atoms with E-state index in [2.05, 4.69) is 20.2 Å². The highest BCUT2D eigenvalue weighted by molar-refractivity contribution is 5.96. The van der Waals surface area contributed by atoms with Gasteiger partial charge in [-0.05, 0) is 6.07 Å². The maximum Gasteiger partial charge on any atom is 0.276 e. The number of carbonyl (C=O) groups is 1. The highest BCUT2D eigenvalue weighted by Gasteiger charge is 2.46. The van der Waals surface area contributed by atoms with Crippen molar-refractivity contribution >= 4 is 11.7 Å². The molecule has 4 N–H and O–H groups in total. The number of nitrogens with zero attached hydrogens (tertiary/aromatic N) is 4. The summed E-state index contributed by atoms with van der Waals surface area (Å²) < 4.78 is 0. The lowest BCUT2D eigenvalue weighted by atomic mass is 9.90. The van der Waals surface area contributed by atoms with E-state index < -0.39 is 5.60 Å². The molecule has 2 aromatic heterocycles. The SMILES string of the molecule is Nc1nccnc1C(=O)N1CC(O)(c2ccn[nH]2)C1. The molecule has 1 fully saturated rings. The molecule has 8 nitrogen and oxygen atoms in total. The number of hydrogen-bond acceptors (Lipinski definition) is 6. The van der Waals surface area contributed by atoms with Crippen molar-refractivity contribution in [3.8, 4) is 0 Å². The minimum absolute atomic E-state index is 0.0875. The molecule has 3 rings (SSSR count). The Bertz CT molecular complexity index is 605. The largest absolute Gasteiger partial charge is 0.382 e. The van der Waals surface area contributed by atoms with Gasteiger partial charge in [0.2, 0.25) is 0 Å². The van der Waals surface area contributed by atoms with Gasteiger partial charge in [0.05, 0.1) is 18.8 Å². The van der Waals surface area contributed by atoms with Gasteiger partial charge in [0, 0.05) is 18.6 Å². The van der Waals surface area contributed by atoms with Gasteiger partial charge in [-0.15, -0.1) is 0 Å². The van der Waals surface area contributed by atoms with Crippen molar-refractivity contribution in [2.45, 2.75) is 5.60 Å². The van der Waals surface area contributed by atoms with Gasteiger partial charge in [-0.25, -0.2) is 9.97 Å². The number of H-pyrrole nitrogens is 1. The number of aromatic nitrogens is 4. The van der Waals surface area contributed by atoms with Gasteiger partial charge in [-0.2, -0.15) is 5.10 Å². The van der Waals surface area contributed by atoms with Crippen LogP contribution in [-0.2, 0) is 5.60 Å². The number of likely N-dealkylation sites (tertiary alicyclic amines) is 1. The number of rotatable bonds is 2. The summed E-state index contributed by atoms with van der Waals surface area (Å²) in [4.78, 5) is 21.3. The van der Waals surface area contributed by atoms with E-state index in [0.717, 1.165) is 0 Å². The number of amides is 1. The molecule has 2 aromatic rings. The van der Waals surface area contributed by atoms with Crippen LogP contribution in [0, 0.1) is 0 Å². The van der Waals surface area contributed by atoms with Crippen molar-refractivity contribution in [2.75, 3.05) is 18.8 Å². The first-order chi connectivity index (χ1) is 9.10. The first-order valence-corrected chi connectivity index (χ1v) is 5.68. The topological polar surface area (TPSA) is 121 Å². The van der Waals surface area contributed by atoms with Crippen molar-refractivity contribution in [3.05, 3.63) is 36.0 Å². The Morgan fingerprint density at radius 1 is 1.37 bits per heavy atom. The molecule has 0 radical (unpaired) electrons. The van der Waals surface area contributed by atoms with E-state index in [1.54, 1.807) is 12.3 Å². The van der Waals surface area contributed by atoms with Crippen LogP contribution >= 0.6 is 0 Å². The zero-order valence-electron chi connectivity index (χ0n) is 9.95. The second kappa shape index (κ2) is 4.02. The summed E-state index contributed by atoms with van der Waals surface area (Å²) in [7, 11) is 0. The highest BCUT2D eigenvalue weighted by atomic mass is 16.3. The second-order valence-electron chi connectivity index (χ2n) is 4.45. The number of nitrogens with one attached hydrogen (secondary N) is 1. The molecule has 0 bridgehead atoms. The number of nitrogens with two attached hydrogens (primary N) is 1. The van der Waals surface area contributed by atoms with Crippen LogP contribution in [-0.4, -0.2) is 49.2 Å². The van der Waals surface area contributed by atoms with Gasteiger partial charge < -0.3 is 15.7 Å². The predicted molar refractivity (Wildman–Crippen MR) is 64.8 cm³/mol. The highest BCUT2D eigenvalue weighted by Crippen LogP contribution is 2.31. The lowest BCUT2D eigenvalue weighted by Crippen LogP contribution is -2.61. The third-order valence-electron chi connectivity index (χ3n) is 3.12. The van der Waals surface area contributed by atoms with Gasteiger partial charge in [0.1, 0.15) is 5.60 Å². The quantitative estimate of drug-likeness (QED) is 0.645. The molecule has 1 aliphatic heterocycles. The van der Waals surface area contributed by atoms with Crippen molar-refractivity contribution in [1.29, 1.82) is 0 Å². The summed E-state index contributed by atoms with van der Waals surface area (Å²) in [6, 6.07) is 1.68. The summed E-state index contributed by atoms with van der Waals surface area (Å²) >= 11 is 0. The lowest BCUT2D eigenvalue weighted by molar-refractivity contribution is -0.0893. The van der Waals surface area contributed by atoms with E-state index >= 15 is 0 Å². The van der Waals surface area contributed by atoms with E-state index in [4.69, 9.17) is 5.73 Å². The Morgan fingerprint density at radius 3 is 2.74 bits per heavy atom. The van der Waals surface area contributed by atoms with Crippen molar-refractivity contribution in [3.63, 3.8) is 0 Å². The molecule has 19 heavy (non-hydrogen) atoms. The van der Waals surface area contributed by atoms with Gasteiger partial charge in [-0.3, -0.25) is 9.89 Å². The molecule has 0 saturated carbocycles. The molecule has 8 heteroatoms. The minimum atomic E-state index is -1.08. The third-order valence-corrected chi connectivity index (χ3v) is 3.12.